The quantitative estimate of drug-likeness (QED) is 0.641. The molecule has 0 radical (unpaired) electrons. The molecule has 2 heteroatoms. The minimum absolute atomic E-state index is 0.896. The Morgan fingerprint density at radius 1 is 0.789 bits per heavy atom. The van der Waals surface area contributed by atoms with Crippen molar-refractivity contribution in [2.45, 2.75) is 0 Å². The highest BCUT2D eigenvalue weighted by Gasteiger charge is 2.05. The van der Waals surface area contributed by atoms with Crippen LogP contribution in [0.15, 0.2) is 66.0 Å². The summed E-state index contributed by atoms with van der Waals surface area (Å²) in [5.41, 5.74) is 3.72. The average Bonchev–Trinajstić information content (AvgIpc) is 2.98. The molecule has 0 aliphatic rings. The van der Waals surface area contributed by atoms with Crippen LogP contribution < -0.4 is 4.74 Å². The lowest BCUT2D eigenvalue weighted by Crippen LogP contribution is -1.82. The molecule has 0 fully saturated rings. The van der Waals surface area contributed by atoms with Crippen LogP contribution in [0.4, 0.5) is 0 Å². The van der Waals surface area contributed by atoms with Gasteiger partial charge in [-0.2, -0.15) is 0 Å². The molecule has 0 bridgehead atoms. The van der Waals surface area contributed by atoms with Crippen molar-refractivity contribution in [3.05, 3.63) is 66.0 Å². The van der Waals surface area contributed by atoms with Crippen molar-refractivity contribution in [1.82, 2.24) is 0 Å². The topological polar surface area (TPSA) is 9.23 Å². The summed E-state index contributed by atoms with van der Waals surface area (Å²) in [5.74, 6) is 0.896. The number of ether oxygens (including phenoxy) is 1. The van der Waals surface area contributed by atoms with Crippen molar-refractivity contribution in [3.63, 3.8) is 0 Å². The first-order valence-corrected chi connectivity index (χ1v) is 7.03. The maximum atomic E-state index is 5.27. The van der Waals surface area contributed by atoms with E-state index in [0.29, 0.717) is 0 Å². The lowest BCUT2D eigenvalue weighted by molar-refractivity contribution is 0.415. The minimum Gasteiger partial charge on any atom is -0.497 e. The lowest BCUT2D eigenvalue weighted by atomic mass is 10.1. The molecule has 19 heavy (non-hydrogen) atoms. The van der Waals surface area contributed by atoms with Crippen molar-refractivity contribution < 1.29 is 4.74 Å². The highest BCUT2D eigenvalue weighted by molar-refractivity contribution is 7.14. The van der Waals surface area contributed by atoms with Gasteiger partial charge < -0.3 is 4.74 Å². The van der Waals surface area contributed by atoms with E-state index in [9.17, 15) is 0 Å². The number of hydrogen-bond acceptors (Lipinski definition) is 2. The highest BCUT2D eigenvalue weighted by Crippen LogP contribution is 2.33. The van der Waals surface area contributed by atoms with Gasteiger partial charge >= 0.3 is 0 Å². The summed E-state index contributed by atoms with van der Waals surface area (Å²) in [6, 6.07) is 20.9. The van der Waals surface area contributed by atoms with E-state index >= 15 is 0 Å². The van der Waals surface area contributed by atoms with Crippen molar-refractivity contribution in [3.8, 4) is 27.3 Å². The molecule has 0 amide bonds. The monoisotopic (exact) mass is 266 g/mol. The summed E-state index contributed by atoms with van der Waals surface area (Å²) in [5, 5.41) is 2.20. The SMILES string of the molecule is COc1cccc(-c2cc(-c3ccccc3)cs2)c1. The second-order valence-electron chi connectivity index (χ2n) is 4.30. The van der Waals surface area contributed by atoms with Gasteiger partial charge in [0.15, 0.2) is 0 Å². The van der Waals surface area contributed by atoms with Crippen LogP contribution in [0.5, 0.6) is 5.75 Å². The molecule has 1 nitrogen and oxygen atoms in total. The van der Waals surface area contributed by atoms with Crippen molar-refractivity contribution in [2.24, 2.45) is 0 Å². The Balaban J connectivity index is 1.97. The van der Waals surface area contributed by atoms with E-state index < -0.39 is 0 Å². The molecule has 3 aromatic rings. The van der Waals surface area contributed by atoms with E-state index in [1.165, 1.54) is 21.6 Å². The summed E-state index contributed by atoms with van der Waals surface area (Å²) in [6.45, 7) is 0. The molecule has 1 heterocycles. The second-order valence-corrected chi connectivity index (χ2v) is 5.21. The highest BCUT2D eigenvalue weighted by atomic mass is 32.1. The van der Waals surface area contributed by atoms with Crippen LogP contribution in [0, 0.1) is 0 Å². The molecular weight excluding hydrogens is 252 g/mol. The smallest absolute Gasteiger partial charge is 0.119 e. The van der Waals surface area contributed by atoms with E-state index in [1.54, 1.807) is 18.4 Å². The predicted molar refractivity (Wildman–Crippen MR) is 81.7 cm³/mol. The first-order valence-electron chi connectivity index (χ1n) is 6.15. The summed E-state index contributed by atoms with van der Waals surface area (Å²) < 4.78 is 5.27. The third-order valence-corrected chi connectivity index (χ3v) is 4.04. The fourth-order valence-corrected chi connectivity index (χ4v) is 2.96. The summed E-state index contributed by atoms with van der Waals surface area (Å²) in [4.78, 5) is 1.26. The van der Waals surface area contributed by atoms with Crippen LogP contribution >= 0.6 is 11.3 Å². The zero-order chi connectivity index (χ0) is 13.1. The zero-order valence-corrected chi connectivity index (χ0v) is 11.5. The van der Waals surface area contributed by atoms with E-state index in [4.69, 9.17) is 4.74 Å². The molecule has 0 aliphatic heterocycles. The maximum absolute atomic E-state index is 5.27. The van der Waals surface area contributed by atoms with Crippen LogP contribution in [-0.2, 0) is 0 Å². The molecular formula is C17H14OS. The van der Waals surface area contributed by atoms with Gasteiger partial charge in [-0.3, -0.25) is 0 Å². The van der Waals surface area contributed by atoms with Crippen LogP contribution in [-0.4, -0.2) is 7.11 Å². The Morgan fingerprint density at radius 2 is 1.58 bits per heavy atom. The van der Waals surface area contributed by atoms with Gasteiger partial charge in [-0.15, -0.1) is 11.3 Å². The molecule has 0 unspecified atom stereocenters. The Bertz CT molecular complexity index is 670. The zero-order valence-electron chi connectivity index (χ0n) is 10.7. The van der Waals surface area contributed by atoms with Crippen molar-refractivity contribution in [1.29, 1.82) is 0 Å². The molecule has 3 rings (SSSR count). The first-order chi connectivity index (χ1) is 9.36. The van der Waals surface area contributed by atoms with E-state index in [2.05, 4.69) is 47.8 Å². The fraction of sp³-hybridized carbons (Fsp3) is 0.0588. The van der Waals surface area contributed by atoms with Gasteiger partial charge in [0.1, 0.15) is 5.75 Å². The van der Waals surface area contributed by atoms with Crippen LogP contribution in [0.3, 0.4) is 0 Å². The summed E-state index contributed by atoms with van der Waals surface area (Å²) >= 11 is 1.76. The van der Waals surface area contributed by atoms with Gasteiger partial charge in [0.05, 0.1) is 7.11 Å². The predicted octanol–water partition coefficient (Wildman–Crippen LogP) is 5.09. The Hall–Kier alpha value is -2.06. The number of rotatable bonds is 3. The Labute approximate surface area is 117 Å². The normalized spacial score (nSPS) is 10.4. The lowest BCUT2D eigenvalue weighted by Gasteiger charge is -2.01. The van der Waals surface area contributed by atoms with Crippen molar-refractivity contribution in [2.75, 3.05) is 7.11 Å². The first kappa shape index (κ1) is 12.0. The molecule has 2 aromatic carbocycles. The van der Waals surface area contributed by atoms with Crippen LogP contribution in [0.25, 0.3) is 21.6 Å². The van der Waals surface area contributed by atoms with Gasteiger partial charge in [-0.25, -0.2) is 0 Å². The number of methoxy groups -OCH3 is 1. The standard InChI is InChI=1S/C17H14OS/c1-18-16-9-5-8-14(10-16)17-11-15(12-19-17)13-6-3-2-4-7-13/h2-12H,1H3. The summed E-state index contributed by atoms with van der Waals surface area (Å²) in [6.07, 6.45) is 0. The number of hydrogen-bond donors (Lipinski definition) is 0. The van der Waals surface area contributed by atoms with Gasteiger partial charge in [0.2, 0.25) is 0 Å². The molecule has 0 saturated heterocycles. The fourth-order valence-electron chi connectivity index (χ4n) is 2.05. The van der Waals surface area contributed by atoms with Crippen LogP contribution in [0.2, 0.25) is 0 Å². The van der Waals surface area contributed by atoms with Gasteiger partial charge in [0.25, 0.3) is 0 Å². The van der Waals surface area contributed by atoms with E-state index in [-0.39, 0.29) is 0 Å². The molecule has 0 spiro atoms. The van der Waals surface area contributed by atoms with E-state index in [0.717, 1.165) is 5.75 Å². The largest absolute Gasteiger partial charge is 0.497 e. The Morgan fingerprint density at radius 3 is 2.37 bits per heavy atom. The van der Waals surface area contributed by atoms with Crippen molar-refractivity contribution >= 4 is 11.3 Å². The van der Waals surface area contributed by atoms with E-state index in [1.807, 2.05) is 18.2 Å². The third-order valence-electron chi connectivity index (χ3n) is 3.06. The molecule has 0 atom stereocenters. The minimum atomic E-state index is 0.896. The van der Waals surface area contributed by atoms with Gasteiger partial charge in [-0.1, -0.05) is 42.5 Å². The molecule has 0 saturated carbocycles. The summed E-state index contributed by atoms with van der Waals surface area (Å²) in [7, 11) is 1.70. The molecule has 0 N–H and O–H groups in total. The third kappa shape index (κ3) is 2.54. The average molecular weight is 266 g/mol. The Kier molecular flexibility index (Phi) is 3.34. The molecule has 1 aromatic heterocycles. The van der Waals surface area contributed by atoms with Gasteiger partial charge in [0, 0.05) is 4.88 Å². The number of benzene rings is 2. The van der Waals surface area contributed by atoms with Crippen LogP contribution in [0.1, 0.15) is 0 Å². The second kappa shape index (κ2) is 5.29. The van der Waals surface area contributed by atoms with Gasteiger partial charge in [-0.05, 0) is 40.3 Å². The maximum Gasteiger partial charge on any atom is 0.119 e. The molecule has 94 valence electrons. The number of thiophene rings is 1. The molecule has 0 aliphatic carbocycles.